The fourth-order valence-electron chi connectivity index (χ4n) is 0.896. The molecule has 84 valence electrons. The Morgan fingerprint density at radius 1 is 1.47 bits per heavy atom. The molecule has 0 saturated carbocycles. The first-order valence-electron chi connectivity index (χ1n) is 4.34. The van der Waals surface area contributed by atoms with Crippen LogP contribution in [0.4, 0.5) is 5.69 Å². The number of aliphatic hydroxyl groups is 1. The van der Waals surface area contributed by atoms with E-state index in [2.05, 4.69) is 20.7 Å². The molecule has 0 saturated heterocycles. The van der Waals surface area contributed by atoms with Crippen molar-refractivity contribution in [3.63, 3.8) is 0 Å². The molecular weight excluding hydrogens is 282 g/mol. The number of aliphatic hydroxyl groups excluding tert-OH is 1. The first-order valence-corrected chi connectivity index (χ1v) is 6.68. The average molecular weight is 294 g/mol. The van der Waals surface area contributed by atoms with Crippen LogP contribution in [0.5, 0.6) is 0 Å². The molecule has 15 heavy (non-hydrogen) atoms. The number of halogens is 1. The molecule has 1 rings (SSSR count). The van der Waals surface area contributed by atoms with Crippen LogP contribution < -0.4 is 4.72 Å². The third-order valence-corrected chi connectivity index (χ3v) is 4.32. The van der Waals surface area contributed by atoms with Gasteiger partial charge in [-0.3, -0.25) is 4.72 Å². The van der Waals surface area contributed by atoms with Crippen LogP contribution in [0.1, 0.15) is 6.92 Å². The monoisotopic (exact) mass is 293 g/mol. The lowest BCUT2D eigenvalue weighted by atomic mass is 10.3. The third kappa shape index (κ3) is 3.19. The van der Waals surface area contributed by atoms with Crippen LogP contribution in [-0.4, -0.2) is 25.4 Å². The molecule has 0 aliphatic carbocycles. The van der Waals surface area contributed by atoms with Crippen LogP contribution in [0.2, 0.25) is 0 Å². The van der Waals surface area contributed by atoms with Crippen molar-refractivity contribution in [3.05, 3.63) is 28.7 Å². The normalized spacial score (nSPS) is 13.5. The summed E-state index contributed by atoms with van der Waals surface area (Å²) in [5.74, 6) is 0. The summed E-state index contributed by atoms with van der Waals surface area (Å²) < 4.78 is 26.3. The van der Waals surface area contributed by atoms with Crippen LogP contribution in [0.25, 0.3) is 0 Å². The lowest BCUT2D eigenvalue weighted by Crippen LogP contribution is -2.28. The molecule has 2 N–H and O–H groups in total. The number of benzene rings is 1. The molecule has 0 radical (unpaired) electrons. The van der Waals surface area contributed by atoms with Gasteiger partial charge in [0, 0.05) is 4.47 Å². The number of anilines is 1. The molecule has 1 aromatic rings. The van der Waals surface area contributed by atoms with Crippen molar-refractivity contribution in [2.45, 2.75) is 12.2 Å². The highest BCUT2D eigenvalue weighted by Gasteiger charge is 2.20. The van der Waals surface area contributed by atoms with E-state index in [4.69, 9.17) is 5.11 Å². The Morgan fingerprint density at radius 2 is 2.07 bits per heavy atom. The lowest BCUT2D eigenvalue weighted by molar-refractivity contribution is 0.296. The minimum Gasteiger partial charge on any atom is -0.395 e. The minimum atomic E-state index is -3.52. The summed E-state index contributed by atoms with van der Waals surface area (Å²) in [7, 11) is -3.52. The molecule has 0 aliphatic rings. The fraction of sp³-hybridized carbons (Fsp3) is 0.333. The van der Waals surface area contributed by atoms with E-state index in [1.165, 1.54) is 6.92 Å². The Hall–Kier alpha value is -0.590. The average Bonchev–Trinajstić information content (AvgIpc) is 2.20. The number of hydrogen-bond acceptors (Lipinski definition) is 3. The van der Waals surface area contributed by atoms with Gasteiger partial charge in [-0.1, -0.05) is 12.1 Å². The van der Waals surface area contributed by atoms with E-state index < -0.39 is 21.9 Å². The van der Waals surface area contributed by atoms with Crippen LogP contribution in [0.3, 0.4) is 0 Å². The molecule has 0 aromatic heterocycles. The van der Waals surface area contributed by atoms with Gasteiger partial charge >= 0.3 is 0 Å². The SMILES string of the molecule is CC(CO)S(=O)(=O)Nc1ccccc1Br. The highest BCUT2D eigenvalue weighted by Crippen LogP contribution is 2.23. The molecule has 0 bridgehead atoms. The molecule has 0 spiro atoms. The number of rotatable bonds is 4. The van der Waals surface area contributed by atoms with Gasteiger partial charge in [-0.25, -0.2) is 8.42 Å². The van der Waals surface area contributed by atoms with E-state index in [1.54, 1.807) is 24.3 Å². The third-order valence-electron chi connectivity index (χ3n) is 1.91. The van der Waals surface area contributed by atoms with Gasteiger partial charge in [-0.2, -0.15) is 0 Å². The topological polar surface area (TPSA) is 66.4 Å². The summed E-state index contributed by atoms with van der Waals surface area (Å²) in [6.45, 7) is 1.04. The summed E-state index contributed by atoms with van der Waals surface area (Å²) in [4.78, 5) is 0. The smallest absolute Gasteiger partial charge is 0.237 e. The highest BCUT2D eigenvalue weighted by atomic mass is 79.9. The first-order chi connectivity index (χ1) is 6.97. The van der Waals surface area contributed by atoms with Gasteiger partial charge in [0.1, 0.15) is 5.25 Å². The summed E-state index contributed by atoms with van der Waals surface area (Å²) in [6, 6.07) is 6.90. The quantitative estimate of drug-likeness (QED) is 0.886. The van der Waals surface area contributed by atoms with Crippen molar-refractivity contribution >= 4 is 31.6 Å². The maximum absolute atomic E-state index is 11.6. The van der Waals surface area contributed by atoms with Crippen LogP contribution in [-0.2, 0) is 10.0 Å². The standard InChI is InChI=1S/C9H12BrNO3S/c1-7(6-12)15(13,14)11-9-5-3-2-4-8(9)10/h2-5,7,11-12H,6H2,1H3. The molecule has 6 heteroatoms. The Kier molecular flexibility index (Phi) is 4.12. The predicted molar refractivity (Wildman–Crippen MR) is 63.2 cm³/mol. The van der Waals surface area contributed by atoms with Crippen molar-refractivity contribution in [2.75, 3.05) is 11.3 Å². The first kappa shape index (κ1) is 12.5. The van der Waals surface area contributed by atoms with Gasteiger partial charge in [-0.05, 0) is 35.0 Å². The Balaban J connectivity index is 2.92. The van der Waals surface area contributed by atoms with Crippen LogP contribution in [0, 0.1) is 0 Å². The van der Waals surface area contributed by atoms with E-state index in [0.717, 1.165) is 0 Å². The van der Waals surface area contributed by atoms with Gasteiger partial charge < -0.3 is 5.11 Å². The second-order valence-corrected chi connectivity index (χ2v) is 6.07. The van der Waals surface area contributed by atoms with Gasteiger partial charge in [0.15, 0.2) is 0 Å². The second kappa shape index (κ2) is 4.96. The fourth-order valence-corrected chi connectivity index (χ4v) is 2.29. The summed E-state index contributed by atoms with van der Waals surface area (Å²) in [5, 5.41) is 7.96. The van der Waals surface area contributed by atoms with Gasteiger partial charge in [-0.15, -0.1) is 0 Å². The number of nitrogens with one attached hydrogen (secondary N) is 1. The molecule has 0 heterocycles. The molecule has 1 unspecified atom stereocenters. The van der Waals surface area contributed by atoms with E-state index in [-0.39, 0.29) is 0 Å². The predicted octanol–water partition coefficient (Wildman–Crippen LogP) is 1.57. The Morgan fingerprint density at radius 3 is 2.60 bits per heavy atom. The van der Waals surface area contributed by atoms with E-state index in [1.807, 2.05) is 0 Å². The van der Waals surface area contributed by atoms with E-state index in [0.29, 0.717) is 10.2 Å². The summed E-state index contributed by atoms with van der Waals surface area (Å²) in [5.41, 5.74) is 0.470. The van der Waals surface area contributed by atoms with Crippen molar-refractivity contribution in [1.82, 2.24) is 0 Å². The maximum atomic E-state index is 11.6. The van der Waals surface area contributed by atoms with Crippen molar-refractivity contribution in [2.24, 2.45) is 0 Å². The lowest BCUT2D eigenvalue weighted by Gasteiger charge is -2.13. The molecular formula is C9H12BrNO3S. The van der Waals surface area contributed by atoms with Crippen molar-refractivity contribution in [1.29, 1.82) is 0 Å². The Bertz CT molecular complexity index is 433. The van der Waals surface area contributed by atoms with Crippen LogP contribution in [0.15, 0.2) is 28.7 Å². The van der Waals surface area contributed by atoms with Gasteiger partial charge in [0.25, 0.3) is 0 Å². The number of sulfonamides is 1. The molecule has 0 fully saturated rings. The minimum absolute atomic E-state index is 0.403. The number of para-hydroxylation sites is 1. The molecule has 1 atom stereocenters. The zero-order valence-corrected chi connectivity index (χ0v) is 10.5. The summed E-state index contributed by atoms with van der Waals surface area (Å²) >= 11 is 3.23. The zero-order valence-electron chi connectivity index (χ0n) is 8.14. The van der Waals surface area contributed by atoms with Crippen LogP contribution >= 0.6 is 15.9 Å². The van der Waals surface area contributed by atoms with E-state index >= 15 is 0 Å². The zero-order chi connectivity index (χ0) is 11.5. The largest absolute Gasteiger partial charge is 0.395 e. The van der Waals surface area contributed by atoms with E-state index in [9.17, 15) is 8.42 Å². The molecule has 0 amide bonds. The molecule has 1 aromatic carbocycles. The van der Waals surface area contributed by atoms with Crippen molar-refractivity contribution < 1.29 is 13.5 Å². The second-order valence-electron chi connectivity index (χ2n) is 3.12. The van der Waals surface area contributed by atoms with Gasteiger partial charge in [0.05, 0.1) is 12.3 Å². The highest BCUT2D eigenvalue weighted by molar-refractivity contribution is 9.10. The van der Waals surface area contributed by atoms with Crippen molar-refractivity contribution in [3.8, 4) is 0 Å². The molecule has 0 aliphatic heterocycles. The Labute approximate surface area is 97.5 Å². The number of hydrogen-bond donors (Lipinski definition) is 2. The summed E-state index contributed by atoms with van der Waals surface area (Å²) in [6.07, 6.45) is 0. The maximum Gasteiger partial charge on any atom is 0.237 e. The molecule has 4 nitrogen and oxygen atoms in total. The van der Waals surface area contributed by atoms with Gasteiger partial charge in [0.2, 0.25) is 10.0 Å².